The van der Waals surface area contributed by atoms with Gasteiger partial charge >= 0.3 is 0 Å². The van der Waals surface area contributed by atoms with Gasteiger partial charge in [-0.25, -0.2) is 0 Å². The maximum absolute atomic E-state index is 12.5. The minimum absolute atomic E-state index is 0.0920. The fourth-order valence-electron chi connectivity index (χ4n) is 4.22. The first kappa shape index (κ1) is 16.9. The van der Waals surface area contributed by atoms with Gasteiger partial charge in [0.1, 0.15) is 0 Å². The second-order valence-corrected chi connectivity index (χ2v) is 7.93. The molecule has 4 atom stereocenters. The largest absolute Gasteiger partial charge is 0.384 e. The van der Waals surface area contributed by atoms with E-state index in [1.165, 1.54) is 10.9 Å². The average molecular weight is 360 g/mol. The zero-order valence-electron chi connectivity index (χ0n) is 14.6. The summed E-state index contributed by atoms with van der Waals surface area (Å²) in [6.45, 7) is 1.44. The maximum Gasteiger partial charge on any atom is 0.230 e. The van der Waals surface area contributed by atoms with Gasteiger partial charge in [-0.1, -0.05) is 18.2 Å². The van der Waals surface area contributed by atoms with Crippen molar-refractivity contribution >= 4 is 28.6 Å². The highest BCUT2D eigenvalue weighted by Gasteiger charge is 2.54. The van der Waals surface area contributed by atoms with E-state index in [0.29, 0.717) is 18.3 Å². The van der Waals surface area contributed by atoms with Crippen LogP contribution in [0.4, 0.5) is 0 Å². The first-order valence-corrected chi connectivity index (χ1v) is 9.74. The molecule has 1 aromatic heterocycles. The molecule has 2 aromatic rings. The SMILES string of the molecule is COC[C@@H]1[C@@H](NC(=O)CSc2cn(C)c3ccccc23)[C@@H]2CCO[C@H]12. The van der Waals surface area contributed by atoms with E-state index in [1.54, 1.807) is 18.9 Å². The smallest absolute Gasteiger partial charge is 0.230 e. The molecule has 1 saturated heterocycles. The highest BCUT2D eigenvalue weighted by Crippen LogP contribution is 2.43. The molecule has 5 nitrogen and oxygen atoms in total. The fraction of sp³-hybridized carbons (Fsp3) is 0.526. The Morgan fingerprint density at radius 3 is 3.12 bits per heavy atom. The van der Waals surface area contributed by atoms with E-state index >= 15 is 0 Å². The minimum atomic E-state index is 0.0920. The van der Waals surface area contributed by atoms with E-state index in [4.69, 9.17) is 9.47 Å². The Balaban J connectivity index is 1.37. The van der Waals surface area contributed by atoms with Crippen LogP contribution < -0.4 is 5.32 Å². The number of thioether (sulfide) groups is 1. The van der Waals surface area contributed by atoms with Gasteiger partial charge in [-0.3, -0.25) is 4.79 Å². The van der Waals surface area contributed by atoms with Crippen molar-refractivity contribution in [1.82, 2.24) is 9.88 Å². The molecule has 1 aliphatic carbocycles. The molecule has 1 amide bonds. The van der Waals surface area contributed by atoms with Gasteiger partial charge in [0.2, 0.25) is 5.91 Å². The Kier molecular flexibility index (Phi) is 4.75. The van der Waals surface area contributed by atoms with Crippen molar-refractivity contribution in [2.24, 2.45) is 18.9 Å². The first-order valence-electron chi connectivity index (χ1n) is 8.76. The number of para-hydroxylation sites is 1. The topological polar surface area (TPSA) is 52.5 Å². The van der Waals surface area contributed by atoms with Crippen LogP contribution in [-0.2, 0) is 21.3 Å². The van der Waals surface area contributed by atoms with Gasteiger partial charge in [0.05, 0.1) is 18.5 Å². The molecular formula is C19H24N2O3S. The number of hydrogen-bond acceptors (Lipinski definition) is 4. The third-order valence-electron chi connectivity index (χ3n) is 5.43. The van der Waals surface area contributed by atoms with Gasteiger partial charge in [-0.05, 0) is 12.5 Å². The number of nitrogens with one attached hydrogen (secondary N) is 1. The molecule has 4 rings (SSSR count). The van der Waals surface area contributed by atoms with Gasteiger partial charge in [-0.15, -0.1) is 11.8 Å². The number of carbonyl (C=O) groups is 1. The lowest BCUT2D eigenvalue weighted by atomic mass is 9.67. The van der Waals surface area contributed by atoms with Crippen LogP contribution in [0.1, 0.15) is 6.42 Å². The summed E-state index contributed by atoms with van der Waals surface area (Å²) in [5, 5.41) is 4.42. The third-order valence-corrected chi connectivity index (χ3v) is 6.48. The Labute approximate surface area is 152 Å². The highest BCUT2D eigenvalue weighted by atomic mass is 32.2. The van der Waals surface area contributed by atoms with Crippen molar-refractivity contribution in [1.29, 1.82) is 0 Å². The van der Waals surface area contributed by atoms with Crippen molar-refractivity contribution in [3.05, 3.63) is 30.5 Å². The van der Waals surface area contributed by atoms with E-state index < -0.39 is 0 Å². The molecule has 1 aliphatic heterocycles. The standard InChI is InChI=1S/C19H24N2O3S/c1-21-9-16(12-5-3-4-6-15(12)21)25-11-17(22)20-18-13-7-8-24-19(13)14(18)10-23-2/h3-6,9,13-14,18-19H,7-8,10-11H2,1-2H3,(H,20,22)/t13-,14+,18-,19-/m0/s1. The van der Waals surface area contributed by atoms with E-state index in [2.05, 4.69) is 28.2 Å². The molecule has 1 saturated carbocycles. The third kappa shape index (κ3) is 3.07. The Morgan fingerprint density at radius 2 is 2.28 bits per heavy atom. The summed E-state index contributed by atoms with van der Waals surface area (Å²) in [5.74, 6) is 1.26. The molecule has 0 bridgehead atoms. The number of aromatic nitrogens is 1. The number of nitrogens with zero attached hydrogens (tertiary/aromatic N) is 1. The van der Waals surface area contributed by atoms with E-state index in [9.17, 15) is 4.79 Å². The average Bonchev–Trinajstić information content (AvgIpc) is 3.18. The summed E-state index contributed by atoms with van der Waals surface area (Å²) in [5.41, 5.74) is 1.19. The summed E-state index contributed by atoms with van der Waals surface area (Å²) in [6, 6.07) is 8.47. The lowest BCUT2D eigenvalue weighted by Gasteiger charge is -2.47. The van der Waals surface area contributed by atoms with Crippen molar-refractivity contribution < 1.29 is 14.3 Å². The zero-order valence-corrected chi connectivity index (χ0v) is 15.4. The Bertz CT molecular complexity index is 775. The Morgan fingerprint density at radius 1 is 1.44 bits per heavy atom. The predicted octanol–water partition coefficient (Wildman–Crippen LogP) is 2.44. The van der Waals surface area contributed by atoms with Gasteiger partial charge in [0.15, 0.2) is 0 Å². The van der Waals surface area contributed by atoms with Crippen LogP contribution in [-0.4, -0.2) is 48.7 Å². The lowest BCUT2D eigenvalue weighted by molar-refractivity contribution is -0.127. The molecule has 1 aromatic carbocycles. The molecule has 2 fully saturated rings. The number of fused-ring (bicyclic) bond motifs is 2. The van der Waals surface area contributed by atoms with Crippen LogP contribution in [0.2, 0.25) is 0 Å². The summed E-state index contributed by atoms with van der Waals surface area (Å²) < 4.78 is 13.2. The number of carbonyl (C=O) groups excluding carboxylic acids is 1. The lowest BCUT2D eigenvalue weighted by Crippen LogP contribution is -2.63. The van der Waals surface area contributed by atoms with Gasteiger partial charge in [0, 0.05) is 60.6 Å². The number of amides is 1. The second-order valence-electron chi connectivity index (χ2n) is 6.91. The van der Waals surface area contributed by atoms with Crippen LogP contribution >= 0.6 is 11.8 Å². The fourth-order valence-corrected chi connectivity index (χ4v) is 5.16. The summed E-state index contributed by atoms with van der Waals surface area (Å²) >= 11 is 1.60. The van der Waals surface area contributed by atoms with Crippen molar-refractivity contribution in [2.75, 3.05) is 26.1 Å². The Hall–Kier alpha value is -1.50. The van der Waals surface area contributed by atoms with E-state index in [1.807, 2.05) is 19.2 Å². The van der Waals surface area contributed by atoms with Crippen LogP contribution in [0.5, 0.6) is 0 Å². The normalized spacial score (nSPS) is 27.9. The van der Waals surface area contributed by atoms with Crippen LogP contribution in [0.3, 0.4) is 0 Å². The summed E-state index contributed by atoms with van der Waals surface area (Å²) in [6.07, 6.45) is 3.39. The van der Waals surface area contributed by atoms with Crippen LogP contribution in [0.25, 0.3) is 10.9 Å². The van der Waals surface area contributed by atoms with Gasteiger partial charge < -0.3 is 19.4 Å². The maximum atomic E-state index is 12.5. The quantitative estimate of drug-likeness (QED) is 0.804. The number of aryl methyl sites for hydroxylation is 1. The van der Waals surface area contributed by atoms with Crippen molar-refractivity contribution in [2.45, 2.75) is 23.5 Å². The van der Waals surface area contributed by atoms with Crippen LogP contribution in [0, 0.1) is 11.8 Å². The number of methoxy groups -OCH3 is 1. The monoisotopic (exact) mass is 360 g/mol. The molecule has 2 heterocycles. The number of benzene rings is 1. The number of ether oxygens (including phenoxy) is 2. The molecular weight excluding hydrogens is 336 g/mol. The van der Waals surface area contributed by atoms with Gasteiger partial charge in [-0.2, -0.15) is 0 Å². The molecule has 6 heteroatoms. The highest BCUT2D eigenvalue weighted by molar-refractivity contribution is 8.00. The second kappa shape index (κ2) is 7.02. The molecule has 1 N–H and O–H groups in total. The van der Waals surface area contributed by atoms with Crippen molar-refractivity contribution in [3.8, 4) is 0 Å². The zero-order chi connectivity index (χ0) is 17.4. The summed E-state index contributed by atoms with van der Waals surface area (Å²) in [7, 11) is 3.74. The molecule has 0 unspecified atom stereocenters. The molecule has 0 spiro atoms. The number of rotatable bonds is 6. The molecule has 25 heavy (non-hydrogen) atoms. The van der Waals surface area contributed by atoms with Crippen LogP contribution in [0.15, 0.2) is 35.4 Å². The number of hydrogen-bond donors (Lipinski definition) is 1. The van der Waals surface area contributed by atoms with E-state index in [0.717, 1.165) is 17.9 Å². The first-order chi connectivity index (χ1) is 12.2. The van der Waals surface area contributed by atoms with Crippen molar-refractivity contribution in [3.63, 3.8) is 0 Å². The molecule has 134 valence electrons. The van der Waals surface area contributed by atoms with Gasteiger partial charge in [0.25, 0.3) is 0 Å². The molecule has 2 aliphatic rings. The van der Waals surface area contributed by atoms with E-state index in [-0.39, 0.29) is 24.0 Å². The minimum Gasteiger partial charge on any atom is -0.384 e. The predicted molar refractivity (Wildman–Crippen MR) is 98.8 cm³/mol. The summed E-state index contributed by atoms with van der Waals surface area (Å²) in [4.78, 5) is 13.6. The molecule has 0 radical (unpaired) electrons.